The van der Waals surface area contributed by atoms with Crippen molar-refractivity contribution in [3.63, 3.8) is 0 Å². The molecule has 0 bridgehead atoms. The number of amides is 1. The highest BCUT2D eigenvalue weighted by molar-refractivity contribution is 9.10. The summed E-state index contributed by atoms with van der Waals surface area (Å²) in [6.45, 7) is 3.30. The van der Waals surface area contributed by atoms with E-state index in [0.717, 1.165) is 0 Å². The molecule has 1 rings (SSSR count). The lowest BCUT2D eigenvalue weighted by Crippen LogP contribution is -2.47. The fourth-order valence-electron chi connectivity index (χ4n) is 1.22. The summed E-state index contributed by atoms with van der Waals surface area (Å²) in [5.74, 6) is -0.804. The lowest BCUT2D eigenvalue weighted by Gasteiger charge is -2.34. The van der Waals surface area contributed by atoms with E-state index >= 15 is 0 Å². The molecule has 0 aliphatic carbocycles. The minimum atomic E-state index is -0.692. The van der Waals surface area contributed by atoms with E-state index in [1.807, 2.05) is 0 Å². The summed E-state index contributed by atoms with van der Waals surface area (Å²) in [5.41, 5.74) is -0.447. The van der Waals surface area contributed by atoms with E-state index in [1.54, 1.807) is 20.9 Å². The monoisotopic (exact) mass is 303 g/mol. The standard InChI is InChI=1S/C12H15BrFNO2/c1-12(2,7-16)15(3)11(17)9-6-8(14)4-5-10(9)13/h4-6,16H,7H2,1-3H3. The fraction of sp³-hybridized carbons (Fsp3) is 0.417. The maximum Gasteiger partial charge on any atom is 0.255 e. The highest BCUT2D eigenvalue weighted by atomic mass is 79.9. The van der Waals surface area contributed by atoms with E-state index in [1.165, 1.54) is 23.1 Å². The van der Waals surface area contributed by atoms with Gasteiger partial charge < -0.3 is 10.0 Å². The first-order chi connectivity index (χ1) is 7.79. The van der Waals surface area contributed by atoms with Crippen molar-refractivity contribution in [2.24, 2.45) is 0 Å². The number of likely N-dealkylation sites (N-methyl/N-ethyl adjacent to an activating group) is 1. The third-order valence-electron chi connectivity index (χ3n) is 2.76. The second-order valence-electron chi connectivity index (χ2n) is 4.46. The Morgan fingerprint density at radius 1 is 1.53 bits per heavy atom. The Labute approximate surface area is 108 Å². The molecule has 0 saturated carbocycles. The van der Waals surface area contributed by atoms with Gasteiger partial charge in [0.05, 0.1) is 17.7 Å². The van der Waals surface area contributed by atoms with Crippen LogP contribution in [0.3, 0.4) is 0 Å². The molecule has 0 aliphatic rings. The van der Waals surface area contributed by atoms with Crippen molar-refractivity contribution in [2.45, 2.75) is 19.4 Å². The molecule has 0 unspecified atom stereocenters. The van der Waals surface area contributed by atoms with Gasteiger partial charge in [-0.05, 0) is 48.0 Å². The molecule has 0 radical (unpaired) electrons. The molecular weight excluding hydrogens is 289 g/mol. The zero-order chi connectivity index (χ0) is 13.2. The number of halogens is 2. The minimum absolute atomic E-state index is 0.165. The summed E-state index contributed by atoms with van der Waals surface area (Å²) in [7, 11) is 1.58. The zero-order valence-electron chi connectivity index (χ0n) is 10.00. The van der Waals surface area contributed by atoms with Crippen LogP contribution in [0.5, 0.6) is 0 Å². The molecule has 17 heavy (non-hydrogen) atoms. The molecule has 1 N–H and O–H groups in total. The Bertz CT molecular complexity index is 435. The van der Waals surface area contributed by atoms with Gasteiger partial charge in [-0.3, -0.25) is 4.79 Å². The van der Waals surface area contributed by atoms with Gasteiger partial charge in [-0.25, -0.2) is 4.39 Å². The first kappa shape index (κ1) is 14.1. The maximum atomic E-state index is 13.1. The molecule has 0 spiro atoms. The molecule has 3 nitrogen and oxygen atoms in total. The van der Waals surface area contributed by atoms with Crippen molar-refractivity contribution < 1.29 is 14.3 Å². The minimum Gasteiger partial charge on any atom is -0.394 e. The molecule has 1 amide bonds. The molecule has 0 aromatic heterocycles. The molecule has 0 fully saturated rings. The summed E-state index contributed by atoms with van der Waals surface area (Å²) < 4.78 is 13.6. The highest BCUT2D eigenvalue weighted by Gasteiger charge is 2.28. The van der Waals surface area contributed by atoms with Crippen LogP contribution in [-0.2, 0) is 0 Å². The Hall–Kier alpha value is -0.940. The Kier molecular flexibility index (Phi) is 4.27. The molecule has 0 atom stereocenters. The van der Waals surface area contributed by atoms with Crippen LogP contribution in [0.2, 0.25) is 0 Å². The predicted octanol–water partition coefficient (Wildman–Crippen LogP) is 2.43. The summed E-state index contributed by atoms with van der Waals surface area (Å²) in [6, 6.07) is 3.94. The number of nitrogens with zero attached hydrogens (tertiary/aromatic N) is 1. The normalized spacial score (nSPS) is 11.4. The SMILES string of the molecule is CN(C(=O)c1cc(F)ccc1Br)C(C)(C)CO. The lowest BCUT2D eigenvalue weighted by molar-refractivity contribution is 0.0472. The van der Waals surface area contributed by atoms with Gasteiger partial charge in [0.1, 0.15) is 5.82 Å². The van der Waals surface area contributed by atoms with Crippen LogP contribution in [0.1, 0.15) is 24.2 Å². The quantitative estimate of drug-likeness (QED) is 0.932. The van der Waals surface area contributed by atoms with Crippen LogP contribution in [0.15, 0.2) is 22.7 Å². The molecule has 1 aromatic carbocycles. The van der Waals surface area contributed by atoms with E-state index in [9.17, 15) is 14.3 Å². The molecule has 94 valence electrons. The number of aliphatic hydroxyl groups excluding tert-OH is 1. The van der Waals surface area contributed by atoms with Crippen LogP contribution in [0, 0.1) is 5.82 Å². The van der Waals surface area contributed by atoms with E-state index in [-0.39, 0.29) is 18.1 Å². The second-order valence-corrected chi connectivity index (χ2v) is 5.31. The van der Waals surface area contributed by atoms with Crippen molar-refractivity contribution >= 4 is 21.8 Å². The Morgan fingerprint density at radius 3 is 2.65 bits per heavy atom. The largest absolute Gasteiger partial charge is 0.394 e. The molecule has 1 aromatic rings. The summed E-state index contributed by atoms with van der Waals surface area (Å²) in [6.07, 6.45) is 0. The van der Waals surface area contributed by atoms with Crippen LogP contribution in [0.4, 0.5) is 4.39 Å². The fourth-order valence-corrected chi connectivity index (χ4v) is 1.64. The first-order valence-corrected chi connectivity index (χ1v) is 5.93. The summed E-state index contributed by atoms with van der Waals surface area (Å²) in [4.78, 5) is 13.5. The first-order valence-electron chi connectivity index (χ1n) is 5.13. The Balaban J connectivity index is 3.08. The number of hydrogen-bond acceptors (Lipinski definition) is 2. The Morgan fingerprint density at radius 2 is 2.12 bits per heavy atom. The van der Waals surface area contributed by atoms with Crippen molar-refractivity contribution in [1.82, 2.24) is 4.90 Å². The number of rotatable bonds is 3. The smallest absolute Gasteiger partial charge is 0.255 e. The van der Waals surface area contributed by atoms with Crippen molar-refractivity contribution in [1.29, 1.82) is 0 Å². The number of carbonyl (C=O) groups is 1. The van der Waals surface area contributed by atoms with Gasteiger partial charge in [0, 0.05) is 11.5 Å². The zero-order valence-corrected chi connectivity index (χ0v) is 11.6. The summed E-state index contributed by atoms with van der Waals surface area (Å²) in [5, 5.41) is 9.20. The van der Waals surface area contributed by atoms with Gasteiger partial charge in [-0.1, -0.05) is 0 Å². The highest BCUT2D eigenvalue weighted by Crippen LogP contribution is 2.22. The summed E-state index contributed by atoms with van der Waals surface area (Å²) >= 11 is 3.21. The average Bonchev–Trinajstić information content (AvgIpc) is 2.30. The van der Waals surface area contributed by atoms with Crippen LogP contribution in [0.25, 0.3) is 0 Å². The predicted molar refractivity (Wildman–Crippen MR) is 67.4 cm³/mol. The topological polar surface area (TPSA) is 40.5 Å². The molecule has 0 heterocycles. The number of aliphatic hydroxyl groups is 1. The van der Waals surface area contributed by atoms with E-state index < -0.39 is 11.4 Å². The third-order valence-corrected chi connectivity index (χ3v) is 3.45. The molecule has 5 heteroatoms. The molecular formula is C12H15BrFNO2. The van der Waals surface area contributed by atoms with Gasteiger partial charge in [-0.2, -0.15) is 0 Å². The van der Waals surface area contributed by atoms with Crippen molar-refractivity contribution in [3.8, 4) is 0 Å². The number of hydrogen-bond donors (Lipinski definition) is 1. The van der Waals surface area contributed by atoms with Crippen LogP contribution in [-0.4, -0.2) is 35.1 Å². The molecule has 0 saturated heterocycles. The van der Waals surface area contributed by atoms with Gasteiger partial charge in [-0.15, -0.1) is 0 Å². The molecule has 0 aliphatic heterocycles. The van der Waals surface area contributed by atoms with Gasteiger partial charge >= 0.3 is 0 Å². The van der Waals surface area contributed by atoms with E-state index in [4.69, 9.17) is 0 Å². The van der Waals surface area contributed by atoms with Crippen LogP contribution < -0.4 is 0 Å². The van der Waals surface area contributed by atoms with Gasteiger partial charge in [0.2, 0.25) is 0 Å². The van der Waals surface area contributed by atoms with E-state index in [2.05, 4.69) is 15.9 Å². The van der Waals surface area contributed by atoms with Crippen molar-refractivity contribution in [3.05, 3.63) is 34.1 Å². The third kappa shape index (κ3) is 3.04. The van der Waals surface area contributed by atoms with Crippen molar-refractivity contribution in [2.75, 3.05) is 13.7 Å². The van der Waals surface area contributed by atoms with Crippen LogP contribution >= 0.6 is 15.9 Å². The number of benzene rings is 1. The lowest BCUT2D eigenvalue weighted by atomic mass is 10.0. The van der Waals surface area contributed by atoms with Gasteiger partial charge in [0.25, 0.3) is 5.91 Å². The second kappa shape index (κ2) is 5.14. The van der Waals surface area contributed by atoms with E-state index in [0.29, 0.717) is 4.47 Å². The number of carbonyl (C=O) groups excluding carboxylic acids is 1. The van der Waals surface area contributed by atoms with Gasteiger partial charge in [0.15, 0.2) is 0 Å². The average molecular weight is 304 g/mol. The maximum absolute atomic E-state index is 13.1.